The molecule has 0 spiro atoms. The lowest BCUT2D eigenvalue weighted by Gasteiger charge is -2.20. The van der Waals surface area contributed by atoms with E-state index in [2.05, 4.69) is 59.4 Å². The van der Waals surface area contributed by atoms with Gasteiger partial charge < -0.3 is 5.73 Å². The SMILES string of the molecule is CCN(Cc1cccs1)Cc1ccccc1C#CCN. The Hall–Kier alpha value is -1.60. The van der Waals surface area contributed by atoms with E-state index in [1.807, 2.05) is 17.4 Å². The van der Waals surface area contributed by atoms with Gasteiger partial charge in [0, 0.05) is 23.5 Å². The van der Waals surface area contributed by atoms with E-state index in [1.165, 1.54) is 10.4 Å². The molecule has 2 rings (SSSR count). The lowest BCUT2D eigenvalue weighted by atomic mass is 10.1. The van der Waals surface area contributed by atoms with Gasteiger partial charge in [0.05, 0.1) is 6.54 Å². The van der Waals surface area contributed by atoms with Crippen molar-refractivity contribution in [2.75, 3.05) is 13.1 Å². The Morgan fingerprint density at radius 2 is 2.00 bits per heavy atom. The number of nitrogens with two attached hydrogens (primary N) is 1. The smallest absolute Gasteiger partial charge is 0.0555 e. The van der Waals surface area contributed by atoms with Crippen molar-refractivity contribution >= 4 is 11.3 Å². The topological polar surface area (TPSA) is 29.3 Å². The van der Waals surface area contributed by atoms with Crippen LogP contribution in [0.1, 0.15) is 22.9 Å². The molecule has 0 unspecified atom stereocenters. The first-order chi connectivity index (χ1) is 9.83. The highest BCUT2D eigenvalue weighted by Crippen LogP contribution is 2.16. The third kappa shape index (κ3) is 4.21. The Balaban J connectivity index is 2.11. The van der Waals surface area contributed by atoms with Crippen LogP contribution in [0.2, 0.25) is 0 Å². The summed E-state index contributed by atoms with van der Waals surface area (Å²) in [6.45, 7) is 5.54. The summed E-state index contributed by atoms with van der Waals surface area (Å²) in [6, 6.07) is 12.6. The lowest BCUT2D eigenvalue weighted by molar-refractivity contribution is 0.273. The van der Waals surface area contributed by atoms with Crippen LogP contribution in [0.15, 0.2) is 41.8 Å². The monoisotopic (exact) mass is 284 g/mol. The van der Waals surface area contributed by atoms with Gasteiger partial charge in [-0.3, -0.25) is 4.90 Å². The van der Waals surface area contributed by atoms with E-state index in [1.54, 1.807) is 0 Å². The summed E-state index contributed by atoms with van der Waals surface area (Å²) in [5.41, 5.74) is 7.82. The molecule has 1 heterocycles. The Morgan fingerprint density at radius 1 is 1.15 bits per heavy atom. The molecule has 2 N–H and O–H groups in total. The molecule has 0 saturated heterocycles. The van der Waals surface area contributed by atoms with Crippen LogP contribution in [0.3, 0.4) is 0 Å². The van der Waals surface area contributed by atoms with Gasteiger partial charge in [0.1, 0.15) is 0 Å². The minimum absolute atomic E-state index is 0.404. The summed E-state index contributed by atoms with van der Waals surface area (Å²) in [6.07, 6.45) is 0. The molecular formula is C17H20N2S. The van der Waals surface area contributed by atoms with E-state index in [9.17, 15) is 0 Å². The minimum atomic E-state index is 0.404. The van der Waals surface area contributed by atoms with Crippen LogP contribution < -0.4 is 5.73 Å². The van der Waals surface area contributed by atoms with Crippen LogP contribution in [-0.2, 0) is 13.1 Å². The summed E-state index contributed by atoms with van der Waals surface area (Å²) in [4.78, 5) is 3.83. The molecule has 3 heteroatoms. The average Bonchev–Trinajstić information content (AvgIpc) is 2.98. The molecule has 0 radical (unpaired) electrons. The fourth-order valence-electron chi connectivity index (χ4n) is 2.07. The predicted octanol–water partition coefficient (Wildman–Crippen LogP) is 3.08. The van der Waals surface area contributed by atoms with Crippen molar-refractivity contribution in [1.82, 2.24) is 4.90 Å². The van der Waals surface area contributed by atoms with Gasteiger partial charge in [0.15, 0.2) is 0 Å². The van der Waals surface area contributed by atoms with Crippen molar-refractivity contribution < 1.29 is 0 Å². The quantitative estimate of drug-likeness (QED) is 0.855. The molecule has 0 amide bonds. The molecule has 2 nitrogen and oxygen atoms in total. The number of hydrogen-bond acceptors (Lipinski definition) is 3. The van der Waals surface area contributed by atoms with E-state index in [-0.39, 0.29) is 0 Å². The van der Waals surface area contributed by atoms with Crippen molar-refractivity contribution in [2.24, 2.45) is 5.73 Å². The van der Waals surface area contributed by atoms with Gasteiger partial charge in [-0.25, -0.2) is 0 Å². The molecule has 0 bridgehead atoms. The normalized spacial score (nSPS) is 10.3. The zero-order valence-electron chi connectivity index (χ0n) is 11.8. The maximum atomic E-state index is 5.46. The summed E-state index contributed by atoms with van der Waals surface area (Å²) in [5, 5.41) is 2.13. The second-order valence-corrected chi connectivity index (χ2v) is 5.58. The van der Waals surface area contributed by atoms with Crippen molar-refractivity contribution in [3.63, 3.8) is 0 Å². The number of hydrogen-bond donors (Lipinski definition) is 1. The maximum absolute atomic E-state index is 5.46. The Bertz CT molecular complexity index is 579. The number of rotatable bonds is 5. The van der Waals surface area contributed by atoms with Gasteiger partial charge in [-0.15, -0.1) is 11.3 Å². The summed E-state index contributed by atoms with van der Waals surface area (Å²) >= 11 is 1.81. The molecule has 0 saturated carbocycles. The van der Waals surface area contributed by atoms with Gasteiger partial charge in [-0.1, -0.05) is 43.0 Å². The van der Waals surface area contributed by atoms with Crippen molar-refractivity contribution in [1.29, 1.82) is 0 Å². The first kappa shape index (κ1) is 14.8. The molecule has 0 aliphatic heterocycles. The molecule has 1 aromatic heterocycles. The molecule has 0 aliphatic carbocycles. The first-order valence-corrected chi connectivity index (χ1v) is 7.73. The third-order valence-corrected chi connectivity index (χ3v) is 4.00. The Labute approximate surface area is 125 Å². The van der Waals surface area contributed by atoms with E-state index < -0.39 is 0 Å². The molecule has 0 atom stereocenters. The van der Waals surface area contributed by atoms with Crippen molar-refractivity contribution in [3.8, 4) is 11.8 Å². The third-order valence-electron chi connectivity index (χ3n) is 3.14. The van der Waals surface area contributed by atoms with Gasteiger partial charge in [-0.05, 0) is 29.6 Å². The first-order valence-electron chi connectivity index (χ1n) is 6.85. The molecule has 2 aromatic rings. The standard InChI is InChI=1S/C17H20N2S/c1-2-19(14-17-10-6-12-20-17)13-16-8-4-3-7-15(16)9-5-11-18/h3-4,6-8,10,12H,2,11,13-14,18H2,1H3. The molecule has 0 fully saturated rings. The maximum Gasteiger partial charge on any atom is 0.0555 e. The Morgan fingerprint density at radius 3 is 2.70 bits per heavy atom. The number of thiophene rings is 1. The molecular weight excluding hydrogens is 264 g/mol. The molecule has 0 aliphatic rings. The molecule has 104 valence electrons. The van der Waals surface area contributed by atoms with Crippen LogP contribution in [0.5, 0.6) is 0 Å². The van der Waals surface area contributed by atoms with Gasteiger partial charge >= 0.3 is 0 Å². The fraction of sp³-hybridized carbons (Fsp3) is 0.294. The van der Waals surface area contributed by atoms with Gasteiger partial charge in [0.2, 0.25) is 0 Å². The van der Waals surface area contributed by atoms with Gasteiger partial charge in [-0.2, -0.15) is 0 Å². The average molecular weight is 284 g/mol. The number of benzene rings is 1. The van der Waals surface area contributed by atoms with E-state index in [0.29, 0.717) is 6.54 Å². The van der Waals surface area contributed by atoms with Crippen LogP contribution >= 0.6 is 11.3 Å². The Kier molecular flexibility index (Phi) is 5.82. The highest BCUT2D eigenvalue weighted by atomic mass is 32.1. The minimum Gasteiger partial charge on any atom is -0.320 e. The van der Waals surface area contributed by atoms with Crippen LogP contribution in [0, 0.1) is 11.8 Å². The number of nitrogens with zero attached hydrogens (tertiary/aromatic N) is 1. The van der Waals surface area contributed by atoms with Crippen molar-refractivity contribution in [2.45, 2.75) is 20.0 Å². The largest absolute Gasteiger partial charge is 0.320 e. The van der Waals surface area contributed by atoms with Crippen LogP contribution in [0.4, 0.5) is 0 Å². The van der Waals surface area contributed by atoms with E-state index >= 15 is 0 Å². The van der Waals surface area contributed by atoms with Crippen LogP contribution in [0.25, 0.3) is 0 Å². The van der Waals surface area contributed by atoms with Crippen LogP contribution in [-0.4, -0.2) is 18.0 Å². The highest BCUT2D eigenvalue weighted by molar-refractivity contribution is 7.09. The fourth-order valence-corrected chi connectivity index (χ4v) is 2.82. The highest BCUT2D eigenvalue weighted by Gasteiger charge is 2.07. The predicted molar refractivity (Wildman–Crippen MR) is 86.5 cm³/mol. The molecule has 20 heavy (non-hydrogen) atoms. The zero-order chi connectivity index (χ0) is 14.2. The summed E-state index contributed by atoms with van der Waals surface area (Å²) < 4.78 is 0. The lowest BCUT2D eigenvalue weighted by Crippen LogP contribution is -2.22. The summed E-state index contributed by atoms with van der Waals surface area (Å²) in [5.74, 6) is 6.11. The zero-order valence-corrected chi connectivity index (χ0v) is 12.6. The summed E-state index contributed by atoms with van der Waals surface area (Å²) in [7, 11) is 0. The second-order valence-electron chi connectivity index (χ2n) is 4.55. The second kappa shape index (κ2) is 7.86. The van der Waals surface area contributed by atoms with Gasteiger partial charge in [0.25, 0.3) is 0 Å². The van der Waals surface area contributed by atoms with E-state index in [0.717, 1.165) is 25.2 Å². The van der Waals surface area contributed by atoms with Crippen molar-refractivity contribution in [3.05, 3.63) is 57.8 Å². The molecule has 1 aromatic carbocycles. The van der Waals surface area contributed by atoms with E-state index in [4.69, 9.17) is 5.73 Å².